The number of rotatable bonds is 3. The Morgan fingerprint density at radius 3 is 2.62 bits per heavy atom. The third kappa shape index (κ3) is 2.95. The predicted octanol–water partition coefficient (Wildman–Crippen LogP) is 5.90. The van der Waals surface area contributed by atoms with Crippen molar-refractivity contribution in [2.75, 3.05) is 5.01 Å². The Hall–Kier alpha value is -2.17. The first kappa shape index (κ1) is 15.4. The Morgan fingerprint density at radius 1 is 1.08 bits per heavy atom. The third-order valence-electron chi connectivity index (χ3n) is 4.03. The molecule has 0 N–H and O–H groups in total. The van der Waals surface area contributed by atoms with Crippen LogP contribution in [0.3, 0.4) is 0 Å². The molecular formula is C19H14ClFN2S. The van der Waals surface area contributed by atoms with Gasteiger partial charge in [0.25, 0.3) is 0 Å². The van der Waals surface area contributed by atoms with Crippen molar-refractivity contribution in [3.8, 4) is 0 Å². The molecule has 4 rings (SSSR count). The molecule has 1 atom stereocenters. The van der Waals surface area contributed by atoms with Crippen LogP contribution in [0.5, 0.6) is 0 Å². The molecule has 1 aromatic heterocycles. The molecule has 0 saturated heterocycles. The Balaban J connectivity index is 1.75. The molecule has 0 aliphatic carbocycles. The first-order valence-corrected chi connectivity index (χ1v) is 8.88. The van der Waals surface area contributed by atoms with E-state index in [4.69, 9.17) is 16.7 Å². The second-order valence-corrected chi connectivity index (χ2v) is 7.03. The number of nitrogens with zero attached hydrogens (tertiary/aromatic N) is 2. The number of halogens is 2. The van der Waals surface area contributed by atoms with Crippen LogP contribution in [0.2, 0.25) is 5.02 Å². The number of anilines is 1. The van der Waals surface area contributed by atoms with Crippen molar-refractivity contribution in [2.24, 2.45) is 5.10 Å². The average Bonchev–Trinajstić information content (AvgIpc) is 3.25. The monoisotopic (exact) mass is 356 g/mol. The van der Waals surface area contributed by atoms with E-state index in [1.807, 2.05) is 41.4 Å². The standard InChI is InChI=1S/C19H14ClFN2S/c20-14-8-6-13(7-9-14)17-12-18(19-5-2-10-24-19)23(22-17)16-4-1-3-15(21)11-16/h1-11,18H,12H2/t18-/m1/s1. The first-order chi connectivity index (χ1) is 11.7. The highest BCUT2D eigenvalue weighted by Gasteiger charge is 2.30. The van der Waals surface area contributed by atoms with E-state index in [1.165, 1.54) is 17.0 Å². The molecule has 0 unspecified atom stereocenters. The van der Waals surface area contributed by atoms with Crippen molar-refractivity contribution in [1.82, 2.24) is 0 Å². The van der Waals surface area contributed by atoms with Gasteiger partial charge in [-0.25, -0.2) is 4.39 Å². The maximum Gasteiger partial charge on any atom is 0.125 e. The minimum absolute atomic E-state index is 0.0810. The van der Waals surface area contributed by atoms with E-state index in [1.54, 1.807) is 17.4 Å². The summed E-state index contributed by atoms with van der Waals surface area (Å²) in [7, 11) is 0. The molecule has 3 aromatic rings. The fourth-order valence-corrected chi connectivity index (χ4v) is 3.82. The van der Waals surface area contributed by atoms with E-state index in [0.717, 1.165) is 23.4 Å². The van der Waals surface area contributed by atoms with Gasteiger partial charge in [0.05, 0.1) is 17.4 Å². The Morgan fingerprint density at radius 2 is 1.92 bits per heavy atom. The molecule has 0 bridgehead atoms. The van der Waals surface area contributed by atoms with Crippen molar-refractivity contribution in [2.45, 2.75) is 12.5 Å². The maximum absolute atomic E-state index is 13.7. The van der Waals surface area contributed by atoms with Gasteiger partial charge in [-0.05, 0) is 47.3 Å². The zero-order valence-corrected chi connectivity index (χ0v) is 14.3. The van der Waals surface area contributed by atoms with Gasteiger partial charge in [-0.2, -0.15) is 5.10 Å². The molecule has 0 spiro atoms. The van der Waals surface area contributed by atoms with Crippen molar-refractivity contribution >= 4 is 34.3 Å². The quantitative estimate of drug-likeness (QED) is 0.570. The molecule has 0 fully saturated rings. The molecule has 24 heavy (non-hydrogen) atoms. The lowest BCUT2D eigenvalue weighted by Gasteiger charge is -2.22. The van der Waals surface area contributed by atoms with Crippen LogP contribution in [-0.4, -0.2) is 5.71 Å². The van der Waals surface area contributed by atoms with Crippen LogP contribution in [0.15, 0.2) is 71.1 Å². The Kier molecular flexibility index (Phi) is 4.08. The predicted molar refractivity (Wildman–Crippen MR) is 98.5 cm³/mol. The fourth-order valence-electron chi connectivity index (χ4n) is 2.89. The van der Waals surface area contributed by atoms with E-state index < -0.39 is 0 Å². The molecule has 0 saturated carbocycles. The van der Waals surface area contributed by atoms with Crippen molar-refractivity contribution in [3.63, 3.8) is 0 Å². The lowest BCUT2D eigenvalue weighted by molar-refractivity contribution is 0.624. The number of thiophene rings is 1. The van der Waals surface area contributed by atoms with Gasteiger partial charge >= 0.3 is 0 Å². The molecule has 2 aromatic carbocycles. The Labute approximate surface area is 148 Å². The summed E-state index contributed by atoms with van der Waals surface area (Å²) in [5.41, 5.74) is 2.78. The third-order valence-corrected chi connectivity index (χ3v) is 5.26. The van der Waals surface area contributed by atoms with E-state index in [-0.39, 0.29) is 11.9 Å². The fraction of sp³-hybridized carbons (Fsp3) is 0.105. The molecule has 0 amide bonds. The van der Waals surface area contributed by atoms with Crippen LogP contribution in [0.1, 0.15) is 22.9 Å². The summed E-state index contributed by atoms with van der Waals surface area (Å²) >= 11 is 7.67. The van der Waals surface area contributed by atoms with E-state index in [2.05, 4.69) is 11.4 Å². The second kappa shape index (κ2) is 6.38. The molecule has 1 aliphatic heterocycles. The first-order valence-electron chi connectivity index (χ1n) is 7.62. The molecule has 1 aliphatic rings. The van der Waals surface area contributed by atoms with Gasteiger partial charge in [-0.3, -0.25) is 5.01 Å². The lowest BCUT2D eigenvalue weighted by atomic mass is 10.0. The average molecular weight is 357 g/mol. The largest absolute Gasteiger partial charge is 0.256 e. The molecule has 0 radical (unpaired) electrons. The van der Waals surface area contributed by atoms with Crippen LogP contribution < -0.4 is 5.01 Å². The highest BCUT2D eigenvalue weighted by atomic mass is 35.5. The van der Waals surface area contributed by atoms with Crippen LogP contribution in [0.25, 0.3) is 0 Å². The summed E-state index contributed by atoms with van der Waals surface area (Å²) in [5.74, 6) is -0.257. The number of hydrazone groups is 1. The van der Waals surface area contributed by atoms with Crippen LogP contribution in [-0.2, 0) is 0 Å². The number of hydrogen-bond acceptors (Lipinski definition) is 3. The summed E-state index contributed by atoms with van der Waals surface area (Å²) in [6.07, 6.45) is 0.776. The number of benzene rings is 2. The van der Waals surface area contributed by atoms with Crippen LogP contribution in [0.4, 0.5) is 10.1 Å². The normalized spacial score (nSPS) is 17.2. The van der Waals surface area contributed by atoms with Gasteiger partial charge in [0, 0.05) is 16.3 Å². The Bertz CT molecular complexity index is 875. The maximum atomic E-state index is 13.7. The van der Waals surface area contributed by atoms with E-state index >= 15 is 0 Å². The summed E-state index contributed by atoms with van der Waals surface area (Å²) in [6.45, 7) is 0. The second-order valence-electron chi connectivity index (χ2n) is 5.61. The van der Waals surface area contributed by atoms with Crippen molar-refractivity contribution in [3.05, 3.63) is 87.3 Å². The topological polar surface area (TPSA) is 15.6 Å². The van der Waals surface area contributed by atoms with E-state index in [0.29, 0.717) is 5.02 Å². The van der Waals surface area contributed by atoms with E-state index in [9.17, 15) is 4.39 Å². The van der Waals surface area contributed by atoms with Gasteiger partial charge in [0.1, 0.15) is 5.82 Å². The number of hydrogen-bond donors (Lipinski definition) is 0. The highest BCUT2D eigenvalue weighted by molar-refractivity contribution is 7.10. The molecular weight excluding hydrogens is 343 g/mol. The zero-order valence-electron chi connectivity index (χ0n) is 12.7. The SMILES string of the molecule is Fc1cccc(N2N=C(c3ccc(Cl)cc3)C[C@@H]2c2cccs2)c1. The molecule has 5 heteroatoms. The summed E-state index contributed by atoms with van der Waals surface area (Å²) in [4.78, 5) is 1.21. The van der Waals surface area contributed by atoms with Crippen molar-refractivity contribution in [1.29, 1.82) is 0 Å². The van der Waals surface area contributed by atoms with Gasteiger partial charge in [0.2, 0.25) is 0 Å². The summed E-state index contributed by atoms with van der Waals surface area (Å²) in [5, 5.41) is 9.46. The van der Waals surface area contributed by atoms with Gasteiger partial charge < -0.3 is 0 Å². The molecule has 2 heterocycles. The molecule has 2 nitrogen and oxygen atoms in total. The minimum atomic E-state index is -0.257. The van der Waals surface area contributed by atoms with Gasteiger partial charge in [-0.1, -0.05) is 35.9 Å². The highest BCUT2D eigenvalue weighted by Crippen LogP contribution is 2.38. The molecule has 120 valence electrons. The van der Waals surface area contributed by atoms with Crippen LogP contribution >= 0.6 is 22.9 Å². The van der Waals surface area contributed by atoms with Gasteiger partial charge in [0.15, 0.2) is 0 Å². The van der Waals surface area contributed by atoms with Crippen molar-refractivity contribution < 1.29 is 4.39 Å². The summed E-state index contributed by atoms with van der Waals surface area (Å²) in [6, 6.07) is 18.5. The zero-order chi connectivity index (χ0) is 16.5. The van der Waals surface area contributed by atoms with Gasteiger partial charge in [-0.15, -0.1) is 11.3 Å². The smallest absolute Gasteiger partial charge is 0.125 e. The minimum Gasteiger partial charge on any atom is -0.256 e. The lowest BCUT2D eigenvalue weighted by Crippen LogP contribution is -2.17. The summed E-state index contributed by atoms with van der Waals surface area (Å²) < 4.78 is 13.7. The van der Waals surface area contributed by atoms with Crippen LogP contribution in [0, 0.1) is 5.82 Å².